The number of nitrogens with one attached hydrogen (secondary N) is 1. The lowest BCUT2D eigenvalue weighted by Crippen LogP contribution is -2.40. The summed E-state index contributed by atoms with van der Waals surface area (Å²) in [7, 11) is 0. The Morgan fingerprint density at radius 2 is 1.96 bits per heavy atom. The van der Waals surface area contributed by atoms with Gasteiger partial charge in [0.25, 0.3) is 0 Å². The lowest BCUT2D eigenvalue weighted by atomic mass is 9.82. The Balaban J connectivity index is 1.71. The molecule has 1 aromatic carbocycles. The molecule has 2 fully saturated rings. The smallest absolute Gasteiger partial charge is 0.347 e. The van der Waals surface area contributed by atoms with Gasteiger partial charge < -0.3 is 4.74 Å². The average Bonchev–Trinajstić information content (AvgIpc) is 3.13. The van der Waals surface area contributed by atoms with Crippen LogP contribution in [0.5, 0.6) is 0 Å². The third kappa shape index (κ3) is 2.12. The number of H-pyrrole nitrogens is 1. The van der Waals surface area contributed by atoms with Crippen molar-refractivity contribution in [1.82, 2.24) is 14.3 Å². The molecule has 0 saturated heterocycles. The number of benzene rings is 1. The van der Waals surface area contributed by atoms with E-state index in [4.69, 9.17) is 4.74 Å². The van der Waals surface area contributed by atoms with E-state index < -0.39 is 0 Å². The van der Waals surface area contributed by atoms with Gasteiger partial charge in [0, 0.05) is 24.0 Å². The van der Waals surface area contributed by atoms with Gasteiger partial charge in [-0.2, -0.15) is 0 Å². The molecule has 1 N–H and O–H groups in total. The van der Waals surface area contributed by atoms with Crippen LogP contribution in [0.25, 0.3) is 0 Å². The van der Waals surface area contributed by atoms with Crippen LogP contribution in [0.15, 0.2) is 52.1 Å². The minimum Gasteiger partial charge on any atom is -0.374 e. The van der Waals surface area contributed by atoms with Crippen LogP contribution in [-0.2, 0) is 10.2 Å². The molecular weight excluding hydrogens is 354 g/mol. The summed E-state index contributed by atoms with van der Waals surface area (Å²) in [6, 6.07) is 10.2. The van der Waals surface area contributed by atoms with Gasteiger partial charge >= 0.3 is 11.4 Å². The van der Waals surface area contributed by atoms with E-state index in [2.05, 4.69) is 41.5 Å². The van der Waals surface area contributed by atoms with Gasteiger partial charge in [0.2, 0.25) is 0 Å². The standard InChI is InChI=1S/C22H27N3O3/c1-4-28-18-11-10-16-17-12-15(18)19(22(16,17)14-8-6-5-7-9-14)25-21(27)24(13(2)3)20(26)23-25/h5-11,13,15-19H,4,12H2,1-3H3,(H,23,26)/t15-,16-,17-,18+,19-,22+/m0/s1. The molecule has 0 spiro atoms. The number of hydrogen-bond donors (Lipinski definition) is 1. The van der Waals surface area contributed by atoms with Gasteiger partial charge in [0.05, 0.1) is 12.1 Å². The first kappa shape index (κ1) is 17.7. The van der Waals surface area contributed by atoms with Gasteiger partial charge in [-0.1, -0.05) is 42.5 Å². The number of aromatic nitrogens is 3. The highest BCUT2D eigenvalue weighted by molar-refractivity contribution is 5.46. The third-order valence-electron chi connectivity index (χ3n) is 7.12. The second-order valence-corrected chi connectivity index (χ2v) is 8.61. The molecule has 6 rings (SSSR count). The summed E-state index contributed by atoms with van der Waals surface area (Å²) >= 11 is 0. The molecule has 0 amide bonds. The van der Waals surface area contributed by atoms with E-state index in [9.17, 15) is 9.59 Å². The first-order chi connectivity index (χ1) is 13.5. The van der Waals surface area contributed by atoms with Crippen LogP contribution in [0.2, 0.25) is 0 Å². The Kier molecular flexibility index (Phi) is 3.85. The molecule has 0 aliphatic heterocycles. The lowest BCUT2D eigenvalue weighted by Gasteiger charge is -2.32. The summed E-state index contributed by atoms with van der Waals surface area (Å²) in [5, 5.41) is 2.89. The predicted molar refractivity (Wildman–Crippen MR) is 106 cm³/mol. The highest BCUT2D eigenvalue weighted by Crippen LogP contribution is 2.76. The molecule has 6 atom stereocenters. The van der Waals surface area contributed by atoms with Crippen LogP contribution >= 0.6 is 0 Å². The molecular formula is C22H27N3O3. The van der Waals surface area contributed by atoms with Crippen LogP contribution in [0, 0.1) is 17.8 Å². The van der Waals surface area contributed by atoms with Crippen molar-refractivity contribution in [3.63, 3.8) is 0 Å². The molecule has 4 aliphatic rings. The van der Waals surface area contributed by atoms with Gasteiger partial charge in [-0.15, -0.1) is 0 Å². The molecule has 28 heavy (non-hydrogen) atoms. The Hall–Kier alpha value is -2.34. The van der Waals surface area contributed by atoms with Crippen molar-refractivity contribution in [3.8, 4) is 0 Å². The van der Waals surface area contributed by atoms with Gasteiger partial charge in [-0.05, 0) is 44.6 Å². The van der Waals surface area contributed by atoms with Gasteiger partial charge in [0.1, 0.15) is 0 Å². The van der Waals surface area contributed by atoms with E-state index in [1.165, 1.54) is 10.1 Å². The fourth-order valence-electron chi connectivity index (χ4n) is 6.16. The fourth-order valence-corrected chi connectivity index (χ4v) is 6.16. The van der Waals surface area contributed by atoms with Crippen molar-refractivity contribution >= 4 is 0 Å². The van der Waals surface area contributed by atoms with E-state index >= 15 is 0 Å². The van der Waals surface area contributed by atoms with E-state index in [0.717, 1.165) is 6.42 Å². The number of allylic oxidation sites excluding steroid dienone is 1. The van der Waals surface area contributed by atoms with Gasteiger partial charge in [0.15, 0.2) is 0 Å². The molecule has 6 heteroatoms. The zero-order valence-corrected chi connectivity index (χ0v) is 16.5. The van der Waals surface area contributed by atoms with E-state index in [-0.39, 0.29) is 40.9 Å². The van der Waals surface area contributed by atoms with Crippen molar-refractivity contribution in [2.24, 2.45) is 17.8 Å². The van der Waals surface area contributed by atoms with Gasteiger partial charge in [-0.25, -0.2) is 23.9 Å². The molecule has 0 unspecified atom stereocenters. The second kappa shape index (κ2) is 6.08. The SMILES string of the molecule is CCO[C@@H]1C=C[C@H]2[C@@H]3C[C@@H]1[C@H](n1[nH]c(=O)n(C(C)C)c1=O)[C@]23c1ccccc1. The zero-order valence-electron chi connectivity index (χ0n) is 16.5. The summed E-state index contributed by atoms with van der Waals surface area (Å²) in [5.74, 6) is 1.01. The second-order valence-electron chi connectivity index (χ2n) is 8.61. The number of hydrogen-bond acceptors (Lipinski definition) is 3. The fraction of sp³-hybridized carbons (Fsp3) is 0.545. The van der Waals surface area contributed by atoms with Crippen LogP contribution in [0.3, 0.4) is 0 Å². The van der Waals surface area contributed by atoms with E-state index in [1.807, 2.05) is 26.8 Å². The lowest BCUT2D eigenvalue weighted by molar-refractivity contribution is 0.0323. The quantitative estimate of drug-likeness (QED) is 0.810. The van der Waals surface area contributed by atoms with Crippen LogP contribution in [0.1, 0.15) is 44.8 Å². The maximum Gasteiger partial charge on any atom is 0.347 e. The van der Waals surface area contributed by atoms with Crippen LogP contribution < -0.4 is 11.4 Å². The van der Waals surface area contributed by atoms with Crippen molar-refractivity contribution in [2.75, 3.05) is 6.61 Å². The molecule has 2 saturated carbocycles. The average molecular weight is 381 g/mol. The van der Waals surface area contributed by atoms with Crippen molar-refractivity contribution in [3.05, 3.63) is 69.0 Å². The van der Waals surface area contributed by atoms with Crippen molar-refractivity contribution in [1.29, 1.82) is 0 Å². The normalized spacial score (nSPS) is 35.4. The number of rotatable bonds is 5. The topological polar surface area (TPSA) is 69.0 Å². The number of aromatic amines is 1. The van der Waals surface area contributed by atoms with E-state index in [1.54, 1.807) is 4.68 Å². The summed E-state index contributed by atoms with van der Waals surface area (Å²) in [6.07, 6.45) is 5.45. The van der Waals surface area contributed by atoms with Gasteiger partial charge in [-0.3, -0.25) is 0 Å². The number of ether oxygens (including phenoxy) is 1. The largest absolute Gasteiger partial charge is 0.374 e. The minimum atomic E-state index is -0.331. The Morgan fingerprint density at radius 1 is 1.21 bits per heavy atom. The molecule has 1 aromatic heterocycles. The summed E-state index contributed by atoms with van der Waals surface area (Å²) < 4.78 is 9.01. The maximum atomic E-state index is 13.2. The predicted octanol–water partition coefficient (Wildman–Crippen LogP) is 2.64. The molecule has 4 aliphatic carbocycles. The first-order valence-electron chi connectivity index (χ1n) is 10.3. The molecule has 0 radical (unpaired) electrons. The monoisotopic (exact) mass is 381 g/mol. The highest BCUT2D eigenvalue weighted by Gasteiger charge is 2.76. The molecule has 4 bridgehead atoms. The summed E-state index contributed by atoms with van der Waals surface area (Å²) in [4.78, 5) is 25.8. The molecule has 1 heterocycles. The van der Waals surface area contributed by atoms with Crippen LogP contribution in [0.4, 0.5) is 0 Å². The van der Waals surface area contributed by atoms with Crippen molar-refractivity contribution < 1.29 is 4.74 Å². The zero-order chi connectivity index (χ0) is 19.6. The summed E-state index contributed by atoms with van der Waals surface area (Å²) in [6.45, 7) is 6.37. The third-order valence-corrected chi connectivity index (χ3v) is 7.12. The van der Waals surface area contributed by atoms with Crippen molar-refractivity contribution in [2.45, 2.75) is 50.8 Å². The minimum absolute atomic E-state index is 0.0339. The van der Waals surface area contributed by atoms with Crippen LogP contribution in [-0.4, -0.2) is 27.1 Å². The Bertz CT molecular complexity index is 1030. The number of fused-ring (bicyclic) bond motifs is 1. The Morgan fingerprint density at radius 3 is 2.61 bits per heavy atom. The van der Waals surface area contributed by atoms with E-state index in [0.29, 0.717) is 18.4 Å². The molecule has 6 nitrogen and oxygen atoms in total. The Labute approximate surface area is 163 Å². The summed E-state index contributed by atoms with van der Waals surface area (Å²) in [5.41, 5.74) is 0.533. The molecule has 148 valence electrons. The highest BCUT2D eigenvalue weighted by atomic mass is 16.5. The number of nitrogens with zero attached hydrogens (tertiary/aromatic N) is 2. The molecule has 2 aromatic rings. The first-order valence-corrected chi connectivity index (χ1v) is 10.3. The maximum absolute atomic E-state index is 13.2.